The van der Waals surface area contributed by atoms with Crippen molar-refractivity contribution in [1.82, 2.24) is 10.3 Å². The third kappa shape index (κ3) is 4.02. The van der Waals surface area contributed by atoms with E-state index in [0.717, 1.165) is 11.3 Å². The number of hydrogen-bond donors (Lipinski definition) is 1. The van der Waals surface area contributed by atoms with E-state index >= 15 is 0 Å². The van der Waals surface area contributed by atoms with Crippen molar-refractivity contribution in [2.45, 2.75) is 19.4 Å². The van der Waals surface area contributed by atoms with E-state index in [0.29, 0.717) is 6.42 Å². The zero-order chi connectivity index (χ0) is 15.2. The molecule has 0 fully saturated rings. The molecule has 1 heterocycles. The predicted octanol–water partition coefficient (Wildman–Crippen LogP) is 2.59. The van der Waals surface area contributed by atoms with Crippen LogP contribution >= 0.6 is 0 Å². The number of carbonyl (C=O) groups excluding carboxylic acids is 1. The molecule has 0 saturated carbocycles. The second-order valence-electron chi connectivity index (χ2n) is 4.74. The number of ether oxygens (including phenoxy) is 1. The van der Waals surface area contributed by atoms with Crippen LogP contribution in [0.5, 0.6) is 5.75 Å². The van der Waals surface area contributed by atoms with E-state index in [9.17, 15) is 9.18 Å². The number of halogens is 1. The lowest BCUT2D eigenvalue weighted by Crippen LogP contribution is -2.34. The average molecular weight is 288 g/mol. The molecule has 1 aromatic heterocycles. The van der Waals surface area contributed by atoms with Gasteiger partial charge in [0.2, 0.25) is 5.95 Å². The molecule has 0 spiro atoms. The Morgan fingerprint density at radius 3 is 2.76 bits per heavy atom. The van der Waals surface area contributed by atoms with Crippen LogP contribution in [0.15, 0.2) is 42.5 Å². The fourth-order valence-corrected chi connectivity index (χ4v) is 2.08. The van der Waals surface area contributed by atoms with E-state index in [1.807, 2.05) is 31.2 Å². The maximum atomic E-state index is 13.0. The van der Waals surface area contributed by atoms with Crippen LogP contribution in [0, 0.1) is 5.95 Å². The van der Waals surface area contributed by atoms with Crippen molar-refractivity contribution in [3.63, 3.8) is 0 Å². The number of benzene rings is 1. The third-order valence-corrected chi connectivity index (χ3v) is 3.04. The molecule has 110 valence electrons. The van der Waals surface area contributed by atoms with Crippen LogP contribution in [0.1, 0.15) is 23.0 Å². The Morgan fingerprint density at radius 2 is 2.05 bits per heavy atom. The molecule has 1 atom stereocenters. The fraction of sp³-hybridized carbons (Fsp3) is 0.250. The molecule has 2 aromatic rings. The summed E-state index contributed by atoms with van der Waals surface area (Å²) in [5.41, 5.74) is 1.07. The van der Waals surface area contributed by atoms with Crippen LogP contribution < -0.4 is 10.1 Å². The van der Waals surface area contributed by atoms with Gasteiger partial charge in [-0.25, -0.2) is 4.98 Å². The number of methoxy groups -OCH3 is 1. The quantitative estimate of drug-likeness (QED) is 0.860. The van der Waals surface area contributed by atoms with Crippen molar-refractivity contribution in [2.75, 3.05) is 7.11 Å². The second kappa shape index (κ2) is 6.83. The SMILES string of the molecule is COc1ccccc1CC(C)NC(=O)c1cccc(F)n1. The van der Waals surface area contributed by atoms with Crippen LogP contribution in [0.25, 0.3) is 0 Å². The minimum Gasteiger partial charge on any atom is -0.496 e. The molecule has 0 radical (unpaired) electrons. The number of carbonyl (C=O) groups is 1. The summed E-state index contributed by atoms with van der Waals surface area (Å²) in [6, 6.07) is 11.6. The number of amides is 1. The van der Waals surface area contributed by atoms with Gasteiger partial charge in [0.25, 0.3) is 5.91 Å². The molecule has 21 heavy (non-hydrogen) atoms. The predicted molar refractivity (Wildman–Crippen MR) is 77.8 cm³/mol. The lowest BCUT2D eigenvalue weighted by Gasteiger charge is -2.15. The summed E-state index contributed by atoms with van der Waals surface area (Å²) >= 11 is 0. The Morgan fingerprint density at radius 1 is 1.29 bits per heavy atom. The number of nitrogens with zero attached hydrogens (tertiary/aromatic N) is 1. The molecule has 0 bridgehead atoms. The highest BCUT2D eigenvalue weighted by Crippen LogP contribution is 2.18. The molecule has 4 nitrogen and oxygen atoms in total. The van der Waals surface area contributed by atoms with Gasteiger partial charge >= 0.3 is 0 Å². The lowest BCUT2D eigenvalue weighted by atomic mass is 10.1. The highest BCUT2D eigenvalue weighted by Gasteiger charge is 2.13. The van der Waals surface area contributed by atoms with Crippen LogP contribution in [0.4, 0.5) is 4.39 Å². The van der Waals surface area contributed by atoms with Gasteiger partial charge in [0.1, 0.15) is 11.4 Å². The highest BCUT2D eigenvalue weighted by atomic mass is 19.1. The topological polar surface area (TPSA) is 51.2 Å². The molecule has 2 rings (SSSR count). The first-order valence-corrected chi connectivity index (χ1v) is 6.65. The molecule has 5 heteroatoms. The molecule has 0 aliphatic heterocycles. The number of hydrogen-bond acceptors (Lipinski definition) is 3. The van der Waals surface area contributed by atoms with E-state index in [-0.39, 0.29) is 11.7 Å². The minimum atomic E-state index is -0.667. The average Bonchev–Trinajstić information content (AvgIpc) is 2.47. The summed E-state index contributed by atoms with van der Waals surface area (Å²) in [5.74, 6) is -0.278. The van der Waals surface area contributed by atoms with Gasteiger partial charge < -0.3 is 10.1 Å². The number of para-hydroxylation sites is 1. The molecule has 1 aromatic carbocycles. The largest absolute Gasteiger partial charge is 0.496 e. The van der Waals surface area contributed by atoms with Gasteiger partial charge in [-0.2, -0.15) is 4.39 Å². The first kappa shape index (κ1) is 15.0. The van der Waals surface area contributed by atoms with Crippen molar-refractivity contribution in [2.24, 2.45) is 0 Å². The zero-order valence-electron chi connectivity index (χ0n) is 12.0. The van der Waals surface area contributed by atoms with Crippen LogP contribution in [-0.4, -0.2) is 24.0 Å². The van der Waals surface area contributed by atoms with Crippen LogP contribution in [0.3, 0.4) is 0 Å². The first-order chi connectivity index (χ1) is 10.1. The van der Waals surface area contributed by atoms with Crippen molar-refractivity contribution >= 4 is 5.91 Å². The van der Waals surface area contributed by atoms with Gasteiger partial charge in [-0.05, 0) is 37.1 Å². The first-order valence-electron chi connectivity index (χ1n) is 6.65. The molecule has 0 saturated heterocycles. The van der Waals surface area contributed by atoms with Gasteiger partial charge in [0.05, 0.1) is 7.11 Å². The van der Waals surface area contributed by atoms with Crippen LogP contribution in [-0.2, 0) is 6.42 Å². The molecule has 0 aliphatic carbocycles. The summed E-state index contributed by atoms with van der Waals surface area (Å²) in [4.78, 5) is 15.5. The summed E-state index contributed by atoms with van der Waals surface area (Å²) in [5, 5.41) is 2.80. The maximum Gasteiger partial charge on any atom is 0.270 e. The standard InChI is InChI=1S/C16H17FN2O2/c1-11(10-12-6-3-4-8-14(12)21-2)18-16(20)13-7-5-9-15(17)19-13/h3-9,11H,10H2,1-2H3,(H,18,20). The third-order valence-electron chi connectivity index (χ3n) is 3.04. The Balaban J connectivity index is 2.01. The Kier molecular flexibility index (Phi) is 4.87. The van der Waals surface area contributed by atoms with Crippen molar-refractivity contribution < 1.29 is 13.9 Å². The molecule has 1 unspecified atom stereocenters. The van der Waals surface area contributed by atoms with Gasteiger partial charge in [-0.15, -0.1) is 0 Å². The van der Waals surface area contributed by atoms with Crippen LogP contribution in [0.2, 0.25) is 0 Å². The van der Waals surface area contributed by atoms with Gasteiger partial charge in [-0.3, -0.25) is 4.79 Å². The summed E-state index contributed by atoms with van der Waals surface area (Å²) in [6.07, 6.45) is 0.616. The van der Waals surface area contributed by atoms with Gasteiger partial charge in [0.15, 0.2) is 0 Å². The van der Waals surface area contributed by atoms with Crippen molar-refractivity contribution in [1.29, 1.82) is 0 Å². The smallest absolute Gasteiger partial charge is 0.270 e. The number of rotatable bonds is 5. The van der Waals surface area contributed by atoms with E-state index in [1.54, 1.807) is 7.11 Å². The second-order valence-corrected chi connectivity index (χ2v) is 4.74. The summed E-state index contributed by atoms with van der Waals surface area (Å²) in [6.45, 7) is 1.88. The minimum absolute atomic E-state index is 0.0712. The zero-order valence-corrected chi connectivity index (χ0v) is 12.0. The lowest BCUT2D eigenvalue weighted by molar-refractivity contribution is 0.0933. The monoisotopic (exact) mass is 288 g/mol. The highest BCUT2D eigenvalue weighted by molar-refractivity contribution is 5.92. The normalized spacial score (nSPS) is 11.8. The molecule has 1 N–H and O–H groups in total. The van der Waals surface area contributed by atoms with E-state index in [2.05, 4.69) is 10.3 Å². The summed E-state index contributed by atoms with van der Waals surface area (Å²) < 4.78 is 18.3. The number of aromatic nitrogens is 1. The number of pyridine rings is 1. The molecular weight excluding hydrogens is 271 g/mol. The van der Waals surface area contributed by atoms with Gasteiger partial charge in [0, 0.05) is 6.04 Å². The molecule has 1 amide bonds. The fourth-order valence-electron chi connectivity index (χ4n) is 2.08. The van der Waals surface area contributed by atoms with Crippen molar-refractivity contribution in [3.8, 4) is 5.75 Å². The van der Waals surface area contributed by atoms with E-state index < -0.39 is 11.9 Å². The summed E-state index contributed by atoms with van der Waals surface area (Å²) in [7, 11) is 1.61. The Hall–Kier alpha value is -2.43. The van der Waals surface area contributed by atoms with Gasteiger partial charge in [-0.1, -0.05) is 24.3 Å². The molecule has 0 aliphatic rings. The van der Waals surface area contributed by atoms with E-state index in [4.69, 9.17) is 4.74 Å². The van der Waals surface area contributed by atoms with Crippen molar-refractivity contribution in [3.05, 3.63) is 59.7 Å². The maximum absolute atomic E-state index is 13.0. The Bertz CT molecular complexity index is 631. The number of nitrogens with one attached hydrogen (secondary N) is 1. The molecular formula is C16H17FN2O2. The van der Waals surface area contributed by atoms with E-state index in [1.165, 1.54) is 18.2 Å². The Labute approximate surface area is 123 Å².